The van der Waals surface area contributed by atoms with Crippen LogP contribution in [-0.2, 0) is 13.2 Å². The molecule has 0 radical (unpaired) electrons. The molecule has 0 aliphatic rings. The normalized spacial score (nSPS) is 10.8. The number of carbonyl (C=O) groups is 1. The van der Waals surface area contributed by atoms with E-state index < -0.39 is 11.6 Å². The molecular weight excluding hydrogens is 346 g/mol. The molecule has 0 unspecified atom stereocenters. The summed E-state index contributed by atoms with van der Waals surface area (Å²) in [5.74, 6) is -1.76. The molecule has 0 fully saturated rings. The lowest BCUT2D eigenvalue weighted by Crippen LogP contribution is -2.26. The predicted octanol–water partition coefficient (Wildman–Crippen LogP) is 2.84. The lowest BCUT2D eigenvalue weighted by molar-refractivity contribution is 0.0772. The minimum atomic E-state index is -0.824. The Morgan fingerprint density at radius 2 is 2.12 bits per heavy atom. The molecule has 0 saturated carbocycles. The number of hydrogen-bond donors (Lipinski definition) is 1. The van der Waals surface area contributed by atoms with Crippen molar-refractivity contribution in [3.8, 4) is 5.75 Å². The van der Waals surface area contributed by atoms with Crippen LogP contribution in [0.4, 0.5) is 8.78 Å². The van der Waals surface area contributed by atoms with Gasteiger partial charge in [-0.05, 0) is 25.1 Å². The second-order valence-corrected chi connectivity index (χ2v) is 5.75. The average Bonchev–Trinajstić information content (AvgIpc) is 3.22. The zero-order valence-electron chi connectivity index (χ0n) is 14.1. The van der Waals surface area contributed by atoms with Gasteiger partial charge in [0.25, 0.3) is 5.91 Å². The third-order valence-electron chi connectivity index (χ3n) is 3.55. The van der Waals surface area contributed by atoms with Gasteiger partial charge < -0.3 is 14.2 Å². The van der Waals surface area contributed by atoms with Gasteiger partial charge in [0.15, 0.2) is 23.0 Å². The van der Waals surface area contributed by atoms with Gasteiger partial charge in [0, 0.05) is 24.9 Å². The molecule has 136 valence electrons. The number of rotatable bonds is 6. The molecule has 0 aliphatic heterocycles. The number of nitrogens with zero attached hydrogens (tertiary/aromatic N) is 3. The van der Waals surface area contributed by atoms with Gasteiger partial charge in [-0.1, -0.05) is 5.16 Å². The van der Waals surface area contributed by atoms with E-state index in [0.29, 0.717) is 6.54 Å². The van der Waals surface area contributed by atoms with E-state index in [4.69, 9.17) is 9.26 Å². The summed E-state index contributed by atoms with van der Waals surface area (Å²) in [5.41, 5.74) is 1.71. The summed E-state index contributed by atoms with van der Waals surface area (Å²) >= 11 is 0. The first-order valence-corrected chi connectivity index (χ1v) is 7.72. The Labute approximate surface area is 147 Å². The van der Waals surface area contributed by atoms with Gasteiger partial charge in [0.05, 0.1) is 12.2 Å². The zero-order chi connectivity index (χ0) is 18.7. The Bertz CT molecular complexity index is 922. The number of nitrogens with one attached hydrogen (secondary N) is 1. The molecule has 3 rings (SSSR count). The third kappa shape index (κ3) is 4.05. The molecule has 1 amide bonds. The van der Waals surface area contributed by atoms with Crippen molar-refractivity contribution in [3.63, 3.8) is 0 Å². The van der Waals surface area contributed by atoms with Crippen LogP contribution < -0.4 is 4.74 Å². The number of halogens is 2. The van der Waals surface area contributed by atoms with E-state index in [0.717, 1.165) is 23.5 Å². The maximum absolute atomic E-state index is 13.5. The number of ether oxygens (including phenoxy) is 1. The van der Waals surface area contributed by atoms with Crippen LogP contribution in [0.1, 0.15) is 27.6 Å². The minimum absolute atomic E-state index is 0.0953. The van der Waals surface area contributed by atoms with Crippen LogP contribution in [-0.4, -0.2) is 33.2 Å². The summed E-state index contributed by atoms with van der Waals surface area (Å²) in [5, 5.41) is 10.6. The molecule has 2 aromatic heterocycles. The Hall–Kier alpha value is -3.23. The van der Waals surface area contributed by atoms with Crippen LogP contribution in [0.25, 0.3) is 0 Å². The largest absolute Gasteiger partial charge is 0.482 e. The summed E-state index contributed by atoms with van der Waals surface area (Å²) in [4.78, 5) is 13.8. The fraction of sp³-hybridized carbons (Fsp3) is 0.235. The van der Waals surface area contributed by atoms with E-state index in [9.17, 15) is 13.6 Å². The third-order valence-corrected chi connectivity index (χ3v) is 3.55. The maximum Gasteiger partial charge on any atom is 0.276 e. The second kappa shape index (κ2) is 7.34. The van der Waals surface area contributed by atoms with Crippen LogP contribution in [0.2, 0.25) is 0 Å². The molecule has 0 bridgehead atoms. The van der Waals surface area contributed by atoms with Crippen molar-refractivity contribution in [1.29, 1.82) is 0 Å². The molecule has 26 heavy (non-hydrogen) atoms. The summed E-state index contributed by atoms with van der Waals surface area (Å²) in [6, 6.07) is 6.22. The fourth-order valence-electron chi connectivity index (χ4n) is 2.29. The van der Waals surface area contributed by atoms with Crippen molar-refractivity contribution >= 4 is 5.91 Å². The molecule has 9 heteroatoms. The van der Waals surface area contributed by atoms with Gasteiger partial charge in [-0.2, -0.15) is 5.10 Å². The highest BCUT2D eigenvalue weighted by Gasteiger charge is 2.18. The average molecular weight is 362 g/mol. The number of carbonyl (C=O) groups excluding carboxylic acids is 1. The van der Waals surface area contributed by atoms with Gasteiger partial charge in [0.1, 0.15) is 12.4 Å². The Kier molecular flexibility index (Phi) is 4.97. The molecule has 2 heterocycles. The van der Waals surface area contributed by atoms with E-state index in [1.807, 2.05) is 13.0 Å². The first kappa shape index (κ1) is 17.6. The number of aromatic amines is 1. The Balaban J connectivity index is 1.60. The van der Waals surface area contributed by atoms with Gasteiger partial charge in [-0.25, -0.2) is 8.78 Å². The molecular formula is C17H16F2N4O3. The SMILES string of the molecule is Cc1cc(CN(C)C(=O)c2cc(COc3ccc(F)cc3F)on2)n[nH]1. The van der Waals surface area contributed by atoms with E-state index in [1.54, 1.807) is 7.05 Å². The van der Waals surface area contributed by atoms with Crippen LogP contribution in [0.5, 0.6) is 5.75 Å². The maximum atomic E-state index is 13.5. The smallest absolute Gasteiger partial charge is 0.276 e. The van der Waals surface area contributed by atoms with E-state index >= 15 is 0 Å². The van der Waals surface area contributed by atoms with Crippen molar-refractivity contribution in [2.24, 2.45) is 0 Å². The molecule has 3 aromatic rings. The highest BCUT2D eigenvalue weighted by molar-refractivity contribution is 5.92. The summed E-state index contributed by atoms with van der Waals surface area (Å²) < 4.78 is 36.6. The summed E-state index contributed by atoms with van der Waals surface area (Å²) in [6.45, 7) is 2.03. The Morgan fingerprint density at radius 1 is 1.31 bits per heavy atom. The summed E-state index contributed by atoms with van der Waals surface area (Å²) in [7, 11) is 1.62. The lowest BCUT2D eigenvalue weighted by Gasteiger charge is -2.13. The van der Waals surface area contributed by atoms with Crippen molar-refractivity contribution in [3.05, 3.63) is 64.8 Å². The highest BCUT2D eigenvalue weighted by atomic mass is 19.1. The molecule has 7 nitrogen and oxygen atoms in total. The molecule has 0 atom stereocenters. The van der Waals surface area contributed by atoms with E-state index in [-0.39, 0.29) is 29.7 Å². The van der Waals surface area contributed by atoms with E-state index in [1.165, 1.54) is 17.0 Å². The quantitative estimate of drug-likeness (QED) is 0.729. The monoisotopic (exact) mass is 362 g/mol. The van der Waals surface area contributed by atoms with Crippen LogP contribution in [0.3, 0.4) is 0 Å². The van der Waals surface area contributed by atoms with Crippen LogP contribution in [0.15, 0.2) is 34.9 Å². The number of hydrogen-bond acceptors (Lipinski definition) is 5. The first-order valence-electron chi connectivity index (χ1n) is 7.72. The topological polar surface area (TPSA) is 84.2 Å². The van der Waals surface area contributed by atoms with Crippen LogP contribution >= 0.6 is 0 Å². The number of aryl methyl sites for hydroxylation is 1. The van der Waals surface area contributed by atoms with Crippen molar-refractivity contribution in [2.45, 2.75) is 20.1 Å². The standard InChI is InChI=1S/C17H16F2N4O3/c1-10-5-12(21-20-10)8-23(2)17(24)15-7-13(26-22-15)9-25-16-4-3-11(18)6-14(16)19/h3-7H,8-9H2,1-2H3,(H,20,21). The second-order valence-electron chi connectivity index (χ2n) is 5.75. The molecule has 1 N–H and O–H groups in total. The zero-order valence-corrected chi connectivity index (χ0v) is 14.1. The summed E-state index contributed by atoms with van der Waals surface area (Å²) in [6.07, 6.45) is 0. The first-order chi connectivity index (χ1) is 12.4. The van der Waals surface area contributed by atoms with Gasteiger partial charge in [-0.3, -0.25) is 9.89 Å². The highest BCUT2D eigenvalue weighted by Crippen LogP contribution is 2.19. The van der Waals surface area contributed by atoms with Gasteiger partial charge in [-0.15, -0.1) is 0 Å². The van der Waals surface area contributed by atoms with Gasteiger partial charge in [0.2, 0.25) is 0 Å². The molecule has 0 spiro atoms. The van der Waals surface area contributed by atoms with Crippen molar-refractivity contribution in [1.82, 2.24) is 20.3 Å². The van der Waals surface area contributed by atoms with E-state index in [2.05, 4.69) is 15.4 Å². The van der Waals surface area contributed by atoms with Crippen LogP contribution in [0, 0.1) is 18.6 Å². The number of benzene rings is 1. The number of H-pyrrole nitrogens is 1. The van der Waals surface area contributed by atoms with Gasteiger partial charge >= 0.3 is 0 Å². The van der Waals surface area contributed by atoms with Crippen molar-refractivity contribution in [2.75, 3.05) is 7.05 Å². The molecule has 0 aliphatic carbocycles. The number of aromatic nitrogens is 3. The number of amides is 1. The fourth-order valence-corrected chi connectivity index (χ4v) is 2.29. The minimum Gasteiger partial charge on any atom is -0.482 e. The lowest BCUT2D eigenvalue weighted by atomic mass is 10.3. The predicted molar refractivity (Wildman–Crippen MR) is 86.3 cm³/mol. The molecule has 0 saturated heterocycles. The Morgan fingerprint density at radius 3 is 2.81 bits per heavy atom. The molecule has 1 aromatic carbocycles. The van der Waals surface area contributed by atoms with Crippen molar-refractivity contribution < 1.29 is 22.8 Å².